The summed E-state index contributed by atoms with van der Waals surface area (Å²) in [5.41, 5.74) is 2.85. The van der Waals surface area contributed by atoms with E-state index in [-0.39, 0.29) is 17.6 Å². The second-order valence-corrected chi connectivity index (χ2v) is 7.28. The lowest BCUT2D eigenvalue weighted by Crippen LogP contribution is -2.23. The molecule has 140 valence electrons. The van der Waals surface area contributed by atoms with E-state index in [1.54, 1.807) is 29.8 Å². The number of hydrogen-bond acceptors (Lipinski definition) is 4. The number of nitrogens with one attached hydrogen (secondary N) is 1. The number of pyridine rings is 1. The minimum absolute atomic E-state index is 0.156. The quantitative estimate of drug-likeness (QED) is 0.711. The fourth-order valence-electron chi connectivity index (χ4n) is 2.91. The molecule has 0 aliphatic heterocycles. The minimum Gasteiger partial charge on any atom is -0.463 e. The molecule has 0 aromatic carbocycles. The molecule has 9 heteroatoms. The van der Waals surface area contributed by atoms with Crippen molar-refractivity contribution in [1.82, 2.24) is 19.2 Å². The summed E-state index contributed by atoms with van der Waals surface area (Å²) in [6, 6.07) is 3.47. The van der Waals surface area contributed by atoms with Gasteiger partial charge in [-0.2, -0.15) is 5.10 Å². The number of amides is 1. The highest BCUT2D eigenvalue weighted by Gasteiger charge is 2.29. The first-order valence-corrected chi connectivity index (χ1v) is 9.00. The van der Waals surface area contributed by atoms with Crippen LogP contribution in [0.1, 0.15) is 48.6 Å². The third kappa shape index (κ3) is 3.28. The minimum atomic E-state index is -1.23. The summed E-state index contributed by atoms with van der Waals surface area (Å²) in [6.45, 7) is 3.60. The van der Waals surface area contributed by atoms with Crippen LogP contribution in [-0.4, -0.2) is 36.3 Å². The van der Waals surface area contributed by atoms with Crippen LogP contribution >= 0.6 is 11.6 Å². The second-order valence-electron chi connectivity index (χ2n) is 6.87. The van der Waals surface area contributed by atoms with E-state index in [0.717, 1.165) is 23.1 Å². The van der Waals surface area contributed by atoms with Crippen LogP contribution in [0, 0.1) is 6.92 Å². The van der Waals surface area contributed by atoms with E-state index in [0.29, 0.717) is 22.1 Å². The molecule has 8 nitrogen and oxygen atoms in total. The molecule has 0 spiro atoms. The van der Waals surface area contributed by atoms with E-state index >= 15 is 0 Å². The van der Waals surface area contributed by atoms with Gasteiger partial charge < -0.3 is 14.8 Å². The molecule has 27 heavy (non-hydrogen) atoms. The van der Waals surface area contributed by atoms with Gasteiger partial charge in [-0.25, -0.2) is 9.78 Å². The maximum Gasteiger partial charge on any atom is 0.434 e. The van der Waals surface area contributed by atoms with Gasteiger partial charge in [-0.15, -0.1) is 4.68 Å². The molecule has 1 saturated carbocycles. The lowest BCUT2D eigenvalue weighted by molar-refractivity contribution is -0.117. The molecular formula is C18H18ClN5O3. The number of hydrogen-bond donors (Lipinski definition) is 2. The van der Waals surface area contributed by atoms with Gasteiger partial charge in [-0.05, 0) is 38.3 Å². The van der Waals surface area contributed by atoms with Crippen LogP contribution in [0.4, 0.5) is 10.6 Å². The van der Waals surface area contributed by atoms with Gasteiger partial charge >= 0.3 is 6.09 Å². The Hall–Kier alpha value is -2.87. The van der Waals surface area contributed by atoms with Crippen molar-refractivity contribution >= 4 is 35.1 Å². The normalized spacial score (nSPS) is 15.1. The molecule has 3 aromatic heterocycles. The van der Waals surface area contributed by atoms with Crippen LogP contribution < -0.4 is 5.32 Å². The summed E-state index contributed by atoms with van der Waals surface area (Å²) in [6.07, 6.45) is 4.24. The standard InChI is InChI=1S/C18H18ClN5O3/c1-9-5-15-20-14(8-23(15)7-12(9)19)10(2)17(25)21-16-6-13(11-3-4-11)22-24(16)18(26)27/h5-8,10-11H,3-4H2,1-2H3,(H,21,25)(H,26,27). The largest absolute Gasteiger partial charge is 0.463 e. The van der Waals surface area contributed by atoms with Gasteiger partial charge in [0.1, 0.15) is 11.5 Å². The molecule has 3 aromatic rings. The highest BCUT2D eigenvalue weighted by atomic mass is 35.5. The number of halogens is 1. The average molecular weight is 388 g/mol. The Bertz CT molecular complexity index is 1030. The lowest BCUT2D eigenvalue weighted by atomic mass is 10.1. The number of rotatable bonds is 4. The maximum atomic E-state index is 12.7. The molecule has 1 fully saturated rings. The molecule has 1 aliphatic rings. The van der Waals surface area contributed by atoms with Crippen LogP contribution in [0.5, 0.6) is 0 Å². The molecule has 0 saturated heterocycles. The zero-order valence-corrected chi connectivity index (χ0v) is 15.6. The zero-order chi connectivity index (χ0) is 19.3. The van der Waals surface area contributed by atoms with Crippen molar-refractivity contribution in [2.24, 2.45) is 0 Å². The highest BCUT2D eigenvalue weighted by molar-refractivity contribution is 6.31. The monoisotopic (exact) mass is 387 g/mol. The Kier molecular flexibility index (Phi) is 4.15. The smallest absolute Gasteiger partial charge is 0.434 e. The fourth-order valence-corrected chi connectivity index (χ4v) is 3.07. The van der Waals surface area contributed by atoms with Gasteiger partial charge in [-0.1, -0.05) is 11.6 Å². The summed E-state index contributed by atoms with van der Waals surface area (Å²) < 4.78 is 2.58. The number of carbonyl (C=O) groups is 2. The Labute approximate surface area is 159 Å². The van der Waals surface area contributed by atoms with Crippen LogP contribution in [0.15, 0.2) is 24.5 Å². The summed E-state index contributed by atoms with van der Waals surface area (Å²) in [5.74, 6) is -0.495. The molecule has 3 heterocycles. The Morgan fingerprint density at radius 1 is 1.33 bits per heavy atom. The fraction of sp³-hybridized carbons (Fsp3) is 0.333. The third-order valence-corrected chi connectivity index (χ3v) is 5.14. The summed E-state index contributed by atoms with van der Waals surface area (Å²) in [7, 11) is 0. The van der Waals surface area contributed by atoms with Crippen molar-refractivity contribution in [2.75, 3.05) is 5.32 Å². The first kappa shape index (κ1) is 17.5. The van der Waals surface area contributed by atoms with Crippen LogP contribution in [0.3, 0.4) is 0 Å². The van der Waals surface area contributed by atoms with Gasteiger partial charge in [0.15, 0.2) is 0 Å². The van der Waals surface area contributed by atoms with E-state index in [1.165, 1.54) is 0 Å². The van der Waals surface area contributed by atoms with Crippen molar-refractivity contribution in [1.29, 1.82) is 0 Å². The number of fused-ring (bicyclic) bond motifs is 1. The molecule has 2 N–H and O–H groups in total. The molecule has 1 aliphatic carbocycles. The summed E-state index contributed by atoms with van der Waals surface area (Å²) in [4.78, 5) is 28.6. The van der Waals surface area contributed by atoms with Crippen LogP contribution in [0.25, 0.3) is 5.65 Å². The molecule has 0 radical (unpaired) electrons. The predicted octanol–water partition coefficient (Wildman–Crippen LogP) is 3.64. The summed E-state index contributed by atoms with van der Waals surface area (Å²) >= 11 is 6.13. The molecule has 0 bridgehead atoms. The number of aromatic nitrogens is 4. The molecule has 1 atom stereocenters. The highest BCUT2D eigenvalue weighted by Crippen LogP contribution is 2.40. The lowest BCUT2D eigenvalue weighted by Gasteiger charge is -2.09. The maximum absolute atomic E-state index is 12.7. The van der Waals surface area contributed by atoms with Gasteiger partial charge in [0.05, 0.1) is 22.3 Å². The molecule has 4 rings (SSSR count). The Morgan fingerprint density at radius 2 is 2.07 bits per heavy atom. The van der Waals surface area contributed by atoms with Gasteiger partial charge in [0.2, 0.25) is 5.91 Å². The third-order valence-electron chi connectivity index (χ3n) is 4.75. The van der Waals surface area contributed by atoms with Gasteiger partial charge in [-0.3, -0.25) is 4.79 Å². The van der Waals surface area contributed by atoms with Crippen molar-refractivity contribution in [2.45, 2.75) is 38.5 Å². The predicted molar refractivity (Wildman–Crippen MR) is 99.6 cm³/mol. The number of imidazole rings is 1. The first-order chi connectivity index (χ1) is 12.8. The van der Waals surface area contributed by atoms with Crippen molar-refractivity contribution < 1.29 is 14.7 Å². The number of aryl methyl sites for hydroxylation is 1. The van der Waals surface area contributed by atoms with Crippen molar-refractivity contribution in [3.8, 4) is 0 Å². The molecule has 1 amide bonds. The van der Waals surface area contributed by atoms with Crippen molar-refractivity contribution in [3.05, 3.63) is 46.5 Å². The number of carbonyl (C=O) groups excluding carboxylic acids is 1. The van der Waals surface area contributed by atoms with E-state index in [1.807, 2.05) is 13.0 Å². The SMILES string of the molecule is Cc1cc2nc(C(C)C(=O)Nc3cc(C4CC4)nn3C(=O)O)cn2cc1Cl. The molecule has 1 unspecified atom stereocenters. The average Bonchev–Trinajstić information content (AvgIpc) is 3.26. The summed E-state index contributed by atoms with van der Waals surface area (Å²) in [5, 5.41) is 16.7. The zero-order valence-electron chi connectivity index (χ0n) is 14.8. The van der Waals surface area contributed by atoms with Crippen LogP contribution in [-0.2, 0) is 4.79 Å². The Morgan fingerprint density at radius 3 is 2.74 bits per heavy atom. The Balaban J connectivity index is 1.58. The topological polar surface area (TPSA) is 102 Å². The number of nitrogens with zero attached hydrogens (tertiary/aromatic N) is 4. The van der Waals surface area contributed by atoms with Crippen molar-refractivity contribution in [3.63, 3.8) is 0 Å². The van der Waals surface area contributed by atoms with Gasteiger partial charge in [0.25, 0.3) is 0 Å². The first-order valence-electron chi connectivity index (χ1n) is 8.62. The van der Waals surface area contributed by atoms with E-state index in [9.17, 15) is 14.7 Å². The van der Waals surface area contributed by atoms with Gasteiger partial charge in [0, 0.05) is 24.4 Å². The molecular weight excluding hydrogens is 370 g/mol. The number of carboxylic acid groups (broad SMARTS) is 1. The van der Waals surface area contributed by atoms with E-state index < -0.39 is 12.0 Å². The van der Waals surface area contributed by atoms with E-state index in [4.69, 9.17) is 11.6 Å². The number of anilines is 1. The van der Waals surface area contributed by atoms with Crippen LogP contribution in [0.2, 0.25) is 5.02 Å². The second kappa shape index (κ2) is 6.38. The van der Waals surface area contributed by atoms with E-state index in [2.05, 4.69) is 15.4 Å².